The van der Waals surface area contributed by atoms with Gasteiger partial charge >= 0.3 is 0 Å². The van der Waals surface area contributed by atoms with E-state index in [4.69, 9.17) is 0 Å². The van der Waals surface area contributed by atoms with Crippen molar-refractivity contribution >= 4 is 11.6 Å². The second kappa shape index (κ2) is 6.52. The van der Waals surface area contributed by atoms with E-state index >= 15 is 0 Å². The summed E-state index contributed by atoms with van der Waals surface area (Å²) in [6.45, 7) is 3.80. The predicted octanol–water partition coefficient (Wildman–Crippen LogP) is 2.64. The third kappa shape index (κ3) is 3.14. The quantitative estimate of drug-likeness (QED) is 0.863. The Morgan fingerprint density at radius 3 is 2.36 bits per heavy atom. The molecular weight excluding hydrogens is 310 g/mol. The Hall–Kier alpha value is -2.33. The minimum Gasteiger partial charge on any atom is -0.378 e. The molecule has 0 saturated carbocycles. The average molecular weight is 335 g/mol. The van der Waals surface area contributed by atoms with Gasteiger partial charge in [-0.3, -0.25) is 9.69 Å². The lowest BCUT2D eigenvalue weighted by Crippen LogP contribution is -2.61. The van der Waals surface area contributed by atoms with Gasteiger partial charge in [0, 0.05) is 57.6 Å². The van der Waals surface area contributed by atoms with Crippen LogP contribution in [0, 0.1) is 0 Å². The number of nitrogens with zero attached hydrogens (tertiary/aromatic N) is 3. The highest BCUT2D eigenvalue weighted by atomic mass is 16.2. The first-order chi connectivity index (χ1) is 12.1. The van der Waals surface area contributed by atoms with Crippen molar-refractivity contribution in [3.05, 3.63) is 65.2 Å². The molecule has 130 valence electrons. The summed E-state index contributed by atoms with van der Waals surface area (Å²) >= 11 is 0. The first kappa shape index (κ1) is 16.2. The maximum atomic E-state index is 12.6. The minimum atomic E-state index is 0.152. The summed E-state index contributed by atoms with van der Waals surface area (Å²) in [7, 11) is 4.02. The molecule has 0 spiro atoms. The van der Waals surface area contributed by atoms with Crippen molar-refractivity contribution in [1.82, 2.24) is 9.80 Å². The van der Waals surface area contributed by atoms with Crippen molar-refractivity contribution in [2.45, 2.75) is 19.0 Å². The van der Waals surface area contributed by atoms with Crippen LogP contribution in [0.3, 0.4) is 0 Å². The van der Waals surface area contributed by atoms with Gasteiger partial charge in [-0.2, -0.15) is 0 Å². The molecular formula is C21H25N3O. The van der Waals surface area contributed by atoms with Gasteiger partial charge in [0.15, 0.2) is 0 Å². The van der Waals surface area contributed by atoms with E-state index in [1.807, 2.05) is 48.2 Å². The van der Waals surface area contributed by atoms with E-state index in [2.05, 4.69) is 29.2 Å². The van der Waals surface area contributed by atoms with Gasteiger partial charge in [-0.1, -0.05) is 24.3 Å². The van der Waals surface area contributed by atoms with E-state index in [9.17, 15) is 4.79 Å². The Morgan fingerprint density at radius 2 is 1.68 bits per heavy atom. The maximum absolute atomic E-state index is 12.6. The predicted molar refractivity (Wildman–Crippen MR) is 101 cm³/mol. The molecule has 0 aliphatic carbocycles. The zero-order valence-corrected chi connectivity index (χ0v) is 15.0. The second-order valence-corrected chi connectivity index (χ2v) is 7.29. The Balaban J connectivity index is 1.35. The molecule has 0 atom stereocenters. The highest BCUT2D eigenvalue weighted by molar-refractivity contribution is 5.95. The van der Waals surface area contributed by atoms with Crippen LogP contribution in [0.4, 0.5) is 5.69 Å². The molecule has 4 nitrogen and oxygen atoms in total. The highest BCUT2D eigenvalue weighted by Gasteiger charge is 2.36. The number of carbonyl (C=O) groups is 1. The SMILES string of the molecule is CN(C)c1ccc(C(=O)N2CC(N3CCc4ccccc4C3)C2)cc1. The molecule has 1 amide bonds. The number of hydrogen-bond acceptors (Lipinski definition) is 3. The fraction of sp³-hybridized carbons (Fsp3) is 0.381. The summed E-state index contributed by atoms with van der Waals surface area (Å²) < 4.78 is 0. The standard InChI is InChI=1S/C21H25N3O/c1-22(2)19-9-7-17(8-10-19)21(25)24-14-20(15-24)23-12-11-16-5-3-4-6-18(16)13-23/h3-10,20H,11-15H2,1-2H3. The number of fused-ring (bicyclic) bond motifs is 1. The summed E-state index contributed by atoms with van der Waals surface area (Å²) in [6.07, 6.45) is 1.12. The van der Waals surface area contributed by atoms with Gasteiger partial charge in [0.1, 0.15) is 0 Å². The smallest absolute Gasteiger partial charge is 0.253 e. The molecule has 4 heteroatoms. The minimum absolute atomic E-state index is 0.152. The Labute approximate surface area is 149 Å². The summed E-state index contributed by atoms with van der Waals surface area (Å²) in [6, 6.07) is 17.1. The summed E-state index contributed by atoms with van der Waals surface area (Å²) in [5, 5.41) is 0. The van der Waals surface area contributed by atoms with Crippen LogP contribution in [0.2, 0.25) is 0 Å². The van der Waals surface area contributed by atoms with Crippen LogP contribution in [0.1, 0.15) is 21.5 Å². The fourth-order valence-electron chi connectivity index (χ4n) is 3.77. The zero-order chi connectivity index (χ0) is 17.4. The molecule has 0 N–H and O–H groups in total. The van der Waals surface area contributed by atoms with E-state index < -0.39 is 0 Å². The third-order valence-corrected chi connectivity index (χ3v) is 5.46. The van der Waals surface area contributed by atoms with Crippen molar-refractivity contribution < 1.29 is 4.79 Å². The summed E-state index contributed by atoms with van der Waals surface area (Å²) in [4.78, 5) is 19.2. The number of carbonyl (C=O) groups excluding carboxylic acids is 1. The molecule has 0 bridgehead atoms. The third-order valence-electron chi connectivity index (χ3n) is 5.46. The first-order valence-corrected chi connectivity index (χ1v) is 8.99. The van der Waals surface area contributed by atoms with Gasteiger partial charge in [0.05, 0.1) is 0 Å². The number of benzene rings is 2. The zero-order valence-electron chi connectivity index (χ0n) is 15.0. The topological polar surface area (TPSA) is 26.8 Å². The van der Waals surface area contributed by atoms with E-state index in [1.54, 1.807) is 0 Å². The molecule has 0 aromatic heterocycles. The average Bonchev–Trinajstić information content (AvgIpc) is 2.60. The molecule has 0 radical (unpaired) electrons. The van der Waals surface area contributed by atoms with Crippen LogP contribution < -0.4 is 4.90 Å². The van der Waals surface area contributed by atoms with Crippen molar-refractivity contribution in [3.63, 3.8) is 0 Å². The van der Waals surface area contributed by atoms with Crippen molar-refractivity contribution in [3.8, 4) is 0 Å². The normalized spacial score (nSPS) is 17.8. The molecule has 25 heavy (non-hydrogen) atoms. The molecule has 1 fully saturated rings. The number of anilines is 1. The van der Waals surface area contributed by atoms with E-state index in [1.165, 1.54) is 11.1 Å². The van der Waals surface area contributed by atoms with Crippen LogP contribution in [0.5, 0.6) is 0 Å². The lowest BCUT2D eigenvalue weighted by Gasteiger charge is -2.47. The first-order valence-electron chi connectivity index (χ1n) is 8.99. The van der Waals surface area contributed by atoms with Crippen molar-refractivity contribution in [1.29, 1.82) is 0 Å². The van der Waals surface area contributed by atoms with Crippen LogP contribution in [0.15, 0.2) is 48.5 Å². The van der Waals surface area contributed by atoms with Crippen molar-refractivity contribution in [2.75, 3.05) is 38.6 Å². The fourth-order valence-corrected chi connectivity index (χ4v) is 3.77. The molecule has 2 aromatic carbocycles. The molecule has 0 unspecified atom stereocenters. The molecule has 2 aliphatic heterocycles. The number of likely N-dealkylation sites (tertiary alicyclic amines) is 1. The Bertz CT molecular complexity index is 763. The largest absolute Gasteiger partial charge is 0.378 e. The molecule has 1 saturated heterocycles. The van der Waals surface area contributed by atoms with E-state index in [-0.39, 0.29) is 5.91 Å². The highest BCUT2D eigenvalue weighted by Crippen LogP contribution is 2.25. The van der Waals surface area contributed by atoms with Gasteiger partial charge < -0.3 is 9.80 Å². The molecule has 2 aromatic rings. The molecule has 2 heterocycles. The van der Waals surface area contributed by atoms with E-state index in [0.29, 0.717) is 6.04 Å². The Kier molecular flexibility index (Phi) is 4.22. The van der Waals surface area contributed by atoms with Gasteiger partial charge in [-0.05, 0) is 41.8 Å². The molecule has 4 rings (SSSR count). The summed E-state index contributed by atoms with van der Waals surface area (Å²) in [5.74, 6) is 0.152. The van der Waals surface area contributed by atoms with Crippen LogP contribution >= 0.6 is 0 Å². The Morgan fingerprint density at radius 1 is 1.00 bits per heavy atom. The van der Waals surface area contributed by atoms with Gasteiger partial charge in [-0.15, -0.1) is 0 Å². The van der Waals surface area contributed by atoms with Gasteiger partial charge in [0.25, 0.3) is 5.91 Å². The van der Waals surface area contributed by atoms with Gasteiger partial charge in [-0.25, -0.2) is 0 Å². The lowest BCUT2D eigenvalue weighted by atomic mass is 9.96. The maximum Gasteiger partial charge on any atom is 0.253 e. The lowest BCUT2D eigenvalue weighted by molar-refractivity contribution is 0.0218. The van der Waals surface area contributed by atoms with E-state index in [0.717, 1.165) is 43.9 Å². The monoisotopic (exact) mass is 335 g/mol. The summed E-state index contributed by atoms with van der Waals surface area (Å²) in [5.41, 5.74) is 4.82. The number of hydrogen-bond donors (Lipinski definition) is 0. The van der Waals surface area contributed by atoms with Crippen LogP contribution in [-0.4, -0.2) is 55.5 Å². The number of rotatable bonds is 3. The number of amides is 1. The van der Waals surface area contributed by atoms with Crippen LogP contribution in [0.25, 0.3) is 0 Å². The van der Waals surface area contributed by atoms with Crippen molar-refractivity contribution in [2.24, 2.45) is 0 Å². The molecule has 2 aliphatic rings. The van der Waals surface area contributed by atoms with Crippen LogP contribution in [-0.2, 0) is 13.0 Å². The van der Waals surface area contributed by atoms with Gasteiger partial charge in [0.2, 0.25) is 0 Å². The second-order valence-electron chi connectivity index (χ2n) is 7.29.